The van der Waals surface area contributed by atoms with Crippen LogP contribution in [0.15, 0.2) is 0 Å². The van der Waals surface area contributed by atoms with E-state index in [0.717, 1.165) is 12.3 Å². The van der Waals surface area contributed by atoms with Gasteiger partial charge >= 0.3 is 87.4 Å². The third-order valence-corrected chi connectivity index (χ3v) is 4.32. The van der Waals surface area contributed by atoms with Gasteiger partial charge in [0.25, 0.3) is 0 Å². The summed E-state index contributed by atoms with van der Waals surface area (Å²) in [6.07, 6.45) is 1.10. The molecule has 0 aliphatic heterocycles. The van der Waals surface area contributed by atoms with Crippen LogP contribution in [0, 0.1) is 0 Å². The molecule has 0 amide bonds. The molecule has 7 heteroatoms. The van der Waals surface area contributed by atoms with E-state index < -0.39 is 7.26 Å². The molecule has 0 saturated carbocycles. The van der Waals surface area contributed by atoms with E-state index in [1.165, 1.54) is 0 Å². The minimum atomic E-state index is -0.947. The summed E-state index contributed by atoms with van der Waals surface area (Å²) in [7, 11) is -0.947. The normalized spacial score (nSPS) is 12.8. The Morgan fingerprint density at radius 1 is 1.45 bits per heavy atom. The van der Waals surface area contributed by atoms with Gasteiger partial charge < -0.3 is 0 Å². The van der Waals surface area contributed by atoms with Crippen molar-refractivity contribution in [3.05, 3.63) is 0 Å². The second kappa shape index (κ2) is 5.98. The summed E-state index contributed by atoms with van der Waals surface area (Å²) in [4.78, 5) is 0. The molecular weight excluding hydrogens is 288 g/mol. The fourth-order valence-corrected chi connectivity index (χ4v) is 1.42. The minimum absolute atomic E-state index is 0.318. The molecule has 0 aromatic carbocycles. The monoisotopic (exact) mass is 302 g/mol. The zero-order valence-electron chi connectivity index (χ0n) is 7.25. The van der Waals surface area contributed by atoms with Crippen LogP contribution in [0.2, 0.25) is 0 Å². The number of nitrogens with one attached hydrogen (secondary N) is 2. The van der Waals surface area contributed by atoms with Crippen LogP contribution in [0.1, 0.15) is 0 Å². The van der Waals surface area contributed by atoms with Gasteiger partial charge in [-0.3, -0.25) is 0 Å². The summed E-state index contributed by atoms with van der Waals surface area (Å²) in [6.45, 7) is 7.00. The van der Waals surface area contributed by atoms with Crippen LogP contribution in [-0.2, 0) is 0 Å². The fraction of sp³-hybridized carbons (Fsp3) is 1.00. The van der Waals surface area contributed by atoms with Crippen LogP contribution in [0.25, 0.3) is 0 Å². The summed E-state index contributed by atoms with van der Waals surface area (Å²) in [5.74, 6) is 0.908. The van der Waals surface area contributed by atoms with Crippen molar-refractivity contribution in [1.82, 2.24) is 10.8 Å². The van der Waals surface area contributed by atoms with E-state index >= 15 is 0 Å². The van der Waals surface area contributed by atoms with Gasteiger partial charge in [-0.05, 0) is 0 Å². The number of hydrogen-bond donors (Lipinski definition) is 2. The molecule has 0 rings (SSSR count). The van der Waals surface area contributed by atoms with Gasteiger partial charge in [0.05, 0.1) is 0 Å². The first kappa shape index (κ1) is 12.4. The molecule has 0 saturated heterocycles. The van der Waals surface area contributed by atoms with E-state index in [4.69, 9.17) is 0 Å². The van der Waals surface area contributed by atoms with E-state index in [9.17, 15) is 0 Å². The standard InChI is InChI=1S/C4H15B2Br2N2P/c1-11(2,3)4-9-10-6(8)5-7/h5,9-11H,4H2,1-3H3. The number of hydrogen-bond acceptors (Lipinski definition) is 2. The van der Waals surface area contributed by atoms with Gasteiger partial charge in [0, 0.05) is 0 Å². The molecule has 0 radical (unpaired) electrons. The molecule has 2 N–H and O–H groups in total. The van der Waals surface area contributed by atoms with Crippen molar-refractivity contribution in [1.29, 1.82) is 0 Å². The Morgan fingerprint density at radius 3 is 2.36 bits per heavy atom. The van der Waals surface area contributed by atoms with E-state index in [1.807, 2.05) is 0 Å². The van der Waals surface area contributed by atoms with Crippen molar-refractivity contribution in [3.8, 4) is 0 Å². The summed E-state index contributed by atoms with van der Waals surface area (Å²) in [5, 5.41) is 3.14. The number of hydrazine groups is 1. The molecule has 0 aromatic rings. The SMILES string of the molecule is C[PH](C)(C)CNNB(Br)BBr. The third-order valence-electron chi connectivity index (χ3n) is 1.01. The van der Waals surface area contributed by atoms with E-state index in [2.05, 4.69) is 62.3 Å². The van der Waals surface area contributed by atoms with Crippen LogP contribution >= 0.6 is 38.8 Å². The van der Waals surface area contributed by atoms with Crippen molar-refractivity contribution in [2.24, 2.45) is 0 Å². The Balaban J connectivity index is 3.28. The molecule has 2 nitrogen and oxygen atoms in total. The van der Waals surface area contributed by atoms with Crippen LogP contribution < -0.4 is 10.8 Å². The van der Waals surface area contributed by atoms with Gasteiger partial charge in [-0.25, -0.2) is 0 Å². The first-order valence-electron chi connectivity index (χ1n) is 3.64. The Bertz CT molecular complexity index is 111. The second-order valence-corrected chi connectivity index (χ2v) is 10.9. The zero-order valence-corrected chi connectivity index (χ0v) is 11.4. The van der Waals surface area contributed by atoms with Gasteiger partial charge in [0.1, 0.15) is 0 Å². The Hall–Kier alpha value is 1.44. The molecule has 0 aliphatic rings. The third kappa shape index (κ3) is 9.35. The topological polar surface area (TPSA) is 24.1 Å². The van der Waals surface area contributed by atoms with Gasteiger partial charge in [-0.1, -0.05) is 0 Å². The maximum absolute atomic E-state index is 3.44. The summed E-state index contributed by atoms with van der Waals surface area (Å²) in [5.41, 5.74) is 3.53. The van der Waals surface area contributed by atoms with Gasteiger partial charge in [-0.2, -0.15) is 0 Å². The molecular formula is C4H15B2Br2N2P. The average Bonchev–Trinajstić information content (AvgIpc) is 1.85. The molecule has 0 aromatic heterocycles. The second-order valence-electron chi connectivity index (χ2n) is 3.68. The van der Waals surface area contributed by atoms with Crippen LogP contribution in [0.3, 0.4) is 0 Å². The summed E-state index contributed by atoms with van der Waals surface area (Å²) < 4.78 is 0. The Kier molecular flexibility index (Phi) is 6.76. The summed E-state index contributed by atoms with van der Waals surface area (Å²) >= 11 is 6.80. The van der Waals surface area contributed by atoms with E-state index in [0.29, 0.717) is 5.56 Å². The predicted molar refractivity (Wildman–Crippen MR) is 68.0 cm³/mol. The number of halogens is 2. The fourth-order valence-electron chi connectivity index (χ4n) is 0.466. The molecule has 0 bridgehead atoms. The average molecular weight is 304 g/mol. The van der Waals surface area contributed by atoms with Crippen molar-refractivity contribution in [2.45, 2.75) is 0 Å². The van der Waals surface area contributed by atoms with Crippen molar-refractivity contribution in [2.75, 3.05) is 26.3 Å². The van der Waals surface area contributed by atoms with Crippen LogP contribution in [0.5, 0.6) is 0 Å². The molecule has 0 fully saturated rings. The number of rotatable bonds is 5. The molecule has 0 atom stereocenters. The summed E-state index contributed by atoms with van der Waals surface area (Å²) in [6, 6.07) is 0. The Labute approximate surface area is 87.2 Å². The first-order valence-corrected chi connectivity index (χ1v) is 9.38. The molecule has 66 valence electrons. The maximum atomic E-state index is 3.44. The Morgan fingerprint density at radius 2 is 2.00 bits per heavy atom. The molecule has 0 spiro atoms. The van der Waals surface area contributed by atoms with Crippen LogP contribution in [-0.4, -0.2) is 37.8 Å². The quantitative estimate of drug-likeness (QED) is 0.446. The molecule has 0 aliphatic carbocycles. The predicted octanol–water partition coefficient (Wildman–Crippen LogP) is 0.804. The van der Waals surface area contributed by atoms with Gasteiger partial charge in [-0.15, -0.1) is 0 Å². The van der Waals surface area contributed by atoms with E-state index in [-0.39, 0.29) is 0 Å². The molecule has 0 unspecified atom stereocenters. The molecule has 11 heavy (non-hydrogen) atoms. The first-order chi connectivity index (χ1) is 4.95. The van der Waals surface area contributed by atoms with Gasteiger partial charge in [0.2, 0.25) is 0 Å². The van der Waals surface area contributed by atoms with E-state index in [1.54, 1.807) is 0 Å². The van der Waals surface area contributed by atoms with Gasteiger partial charge in [0.15, 0.2) is 0 Å². The molecule has 0 heterocycles. The van der Waals surface area contributed by atoms with Crippen molar-refractivity contribution < 1.29 is 0 Å². The van der Waals surface area contributed by atoms with Crippen LogP contribution in [0.4, 0.5) is 0 Å². The van der Waals surface area contributed by atoms with Crippen molar-refractivity contribution >= 4 is 50.3 Å². The van der Waals surface area contributed by atoms with Crippen molar-refractivity contribution in [3.63, 3.8) is 0 Å². The zero-order chi connectivity index (χ0) is 8.91.